The van der Waals surface area contributed by atoms with Crippen molar-refractivity contribution in [2.24, 2.45) is 0 Å². The van der Waals surface area contributed by atoms with E-state index >= 15 is 0 Å². The normalized spacial score (nSPS) is 11.1. The molecule has 0 aliphatic heterocycles. The van der Waals surface area contributed by atoms with E-state index in [0.717, 1.165) is 0 Å². The third-order valence-corrected chi connectivity index (χ3v) is 3.58. The van der Waals surface area contributed by atoms with Crippen LogP contribution >= 0.6 is 34.8 Å². The van der Waals surface area contributed by atoms with Gasteiger partial charge in [0.2, 0.25) is 0 Å². The molecule has 0 atom stereocenters. The summed E-state index contributed by atoms with van der Waals surface area (Å²) >= 11 is 18.0. The molecule has 0 spiro atoms. The van der Waals surface area contributed by atoms with E-state index < -0.39 is 5.97 Å². The highest BCUT2D eigenvalue weighted by atomic mass is 35.5. The Labute approximate surface area is 130 Å². The largest absolute Gasteiger partial charge is 0.475 e. The Kier molecular flexibility index (Phi) is 4.22. The molecule has 0 saturated heterocycles. The minimum Gasteiger partial charge on any atom is -0.475 e. The highest BCUT2D eigenvalue weighted by Gasteiger charge is 2.20. The van der Waals surface area contributed by atoms with Gasteiger partial charge in [-0.15, -0.1) is 5.10 Å². The van der Waals surface area contributed by atoms with Crippen molar-refractivity contribution >= 4 is 40.8 Å². The fourth-order valence-electron chi connectivity index (χ4n) is 1.64. The zero-order chi connectivity index (χ0) is 15.0. The molecule has 0 fully saturated rings. The minimum atomic E-state index is -1.21. The van der Waals surface area contributed by atoms with E-state index in [1.165, 1.54) is 16.8 Å². The highest BCUT2D eigenvalue weighted by molar-refractivity contribution is 6.43. The van der Waals surface area contributed by atoms with Crippen molar-refractivity contribution in [3.8, 4) is 5.69 Å². The molecule has 20 heavy (non-hydrogen) atoms. The Bertz CT molecular complexity index is 683. The van der Waals surface area contributed by atoms with Gasteiger partial charge in [-0.05, 0) is 12.1 Å². The molecule has 0 radical (unpaired) electrons. The zero-order valence-corrected chi connectivity index (χ0v) is 12.8. The van der Waals surface area contributed by atoms with Crippen LogP contribution in [0.1, 0.15) is 36.2 Å². The Hall–Kier alpha value is -1.30. The summed E-state index contributed by atoms with van der Waals surface area (Å²) in [6.45, 7) is 3.75. The molecule has 0 unspecified atom stereocenters. The molecule has 0 amide bonds. The standard InChI is InChI=1S/C12H10Cl3N3O2/c1-5(2)11-16-10(12(19)20)17-18(11)9-4-7(14)6(13)3-8(9)15/h3-5H,1-2H3,(H,19,20). The molecule has 0 aliphatic carbocycles. The molecular weight excluding hydrogens is 325 g/mol. The second kappa shape index (κ2) is 5.60. The molecule has 5 nitrogen and oxygen atoms in total. The van der Waals surface area contributed by atoms with Crippen LogP contribution in [0.3, 0.4) is 0 Å². The number of hydrogen-bond donors (Lipinski definition) is 1. The maximum absolute atomic E-state index is 11.0. The van der Waals surface area contributed by atoms with Gasteiger partial charge in [-0.3, -0.25) is 0 Å². The maximum Gasteiger partial charge on any atom is 0.375 e. The molecule has 106 valence electrons. The van der Waals surface area contributed by atoms with Crippen molar-refractivity contribution < 1.29 is 9.90 Å². The van der Waals surface area contributed by atoms with E-state index in [4.69, 9.17) is 39.9 Å². The Morgan fingerprint density at radius 3 is 2.35 bits per heavy atom. The monoisotopic (exact) mass is 333 g/mol. The Morgan fingerprint density at radius 2 is 1.80 bits per heavy atom. The molecule has 1 heterocycles. The van der Waals surface area contributed by atoms with Gasteiger partial charge in [-0.2, -0.15) is 0 Å². The molecular formula is C12H10Cl3N3O2. The highest BCUT2D eigenvalue weighted by Crippen LogP contribution is 2.32. The Morgan fingerprint density at radius 1 is 1.20 bits per heavy atom. The van der Waals surface area contributed by atoms with Gasteiger partial charge >= 0.3 is 5.97 Å². The number of halogens is 3. The van der Waals surface area contributed by atoms with E-state index in [1.807, 2.05) is 13.8 Å². The average molecular weight is 335 g/mol. The number of carboxylic acids is 1. The summed E-state index contributed by atoms with van der Waals surface area (Å²) in [6.07, 6.45) is 0. The van der Waals surface area contributed by atoms with Crippen molar-refractivity contribution in [3.63, 3.8) is 0 Å². The molecule has 1 N–H and O–H groups in total. The summed E-state index contributed by atoms with van der Waals surface area (Å²) in [5.74, 6) is -1.07. The number of benzene rings is 1. The summed E-state index contributed by atoms with van der Waals surface area (Å²) in [5, 5.41) is 13.9. The van der Waals surface area contributed by atoms with E-state index in [2.05, 4.69) is 10.1 Å². The van der Waals surface area contributed by atoms with Gasteiger partial charge in [-0.25, -0.2) is 14.5 Å². The van der Waals surface area contributed by atoms with Crippen LogP contribution in [-0.4, -0.2) is 25.8 Å². The summed E-state index contributed by atoms with van der Waals surface area (Å²) in [7, 11) is 0. The Balaban J connectivity index is 2.68. The first-order valence-corrected chi connectivity index (χ1v) is 6.79. The number of aromatic nitrogens is 3. The van der Waals surface area contributed by atoms with Gasteiger partial charge in [0.15, 0.2) is 0 Å². The molecule has 0 saturated carbocycles. The van der Waals surface area contributed by atoms with Crippen LogP contribution in [0.2, 0.25) is 15.1 Å². The fraction of sp³-hybridized carbons (Fsp3) is 0.250. The van der Waals surface area contributed by atoms with Crippen molar-refractivity contribution in [2.45, 2.75) is 19.8 Å². The van der Waals surface area contributed by atoms with Gasteiger partial charge in [0, 0.05) is 5.92 Å². The third-order valence-electron chi connectivity index (χ3n) is 2.56. The first-order valence-electron chi connectivity index (χ1n) is 5.66. The number of carboxylic acid groups (broad SMARTS) is 1. The quantitative estimate of drug-likeness (QED) is 0.860. The number of carbonyl (C=O) groups is 1. The van der Waals surface area contributed by atoms with Gasteiger partial charge < -0.3 is 5.11 Å². The van der Waals surface area contributed by atoms with E-state index in [1.54, 1.807) is 0 Å². The predicted octanol–water partition coefficient (Wildman–Crippen LogP) is 4.05. The summed E-state index contributed by atoms with van der Waals surface area (Å²) < 4.78 is 1.37. The van der Waals surface area contributed by atoms with Crippen molar-refractivity contribution in [1.29, 1.82) is 0 Å². The molecule has 1 aromatic carbocycles. The lowest BCUT2D eigenvalue weighted by atomic mass is 10.2. The van der Waals surface area contributed by atoms with Gasteiger partial charge in [0.1, 0.15) is 5.82 Å². The van der Waals surface area contributed by atoms with E-state index in [9.17, 15) is 4.79 Å². The molecule has 8 heteroatoms. The third kappa shape index (κ3) is 2.75. The van der Waals surface area contributed by atoms with Crippen LogP contribution in [0.25, 0.3) is 5.69 Å². The van der Waals surface area contributed by atoms with Crippen LogP contribution in [-0.2, 0) is 0 Å². The maximum atomic E-state index is 11.0. The average Bonchev–Trinajstić information content (AvgIpc) is 2.78. The van der Waals surface area contributed by atoms with Crippen LogP contribution < -0.4 is 0 Å². The molecule has 2 aromatic rings. The lowest BCUT2D eigenvalue weighted by Crippen LogP contribution is -2.06. The lowest BCUT2D eigenvalue weighted by Gasteiger charge is -2.10. The molecule has 1 aromatic heterocycles. The molecule has 0 aliphatic rings. The van der Waals surface area contributed by atoms with Crippen molar-refractivity contribution in [2.75, 3.05) is 0 Å². The smallest absolute Gasteiger partial charge is 0.375 e. The fourth-order valence-corrected chi connectivity index (χ4v) is 2.26. The summed E-state index contributed by atoms with van der Waals surface area (Å²) in [6, 6.07) is 3.01. The van der Waals surface area contributed by atoms with Crippen molar-refractivity contribution in [3.05, 3.63) is 38.8 Å². The first-order chi connectivity index (χ1) is 9.31. The van der Waals surface area contributed by atoms with Crippen molar-refractivity contribution in [1.82, 2.24) is 14.8 Å². The predicted molar refractivity (Wildman–Crippen MR) is 77.4 cm³/mol. The lowest BCUT2D eigenvalue weighted by molar-refractivity contribution is 0.0683. The number of aromatic carboxylic acids is 1. The van der Waals surface area contributed by atoms with Crippen LogP contribution in [0.15, 0.2) is 12.1 Å². The number of rotatable bonds is 3. The number of nitrogens with zero attached hydrogens (tertiary/aromatic N) is 3. The zero-order valence-electron chi connectivity index (χ0n) is 10.6. The summed E-state index contributed by atoms with van der Waals surface area (Å²) in [4.78, 5) is 15.0. The molecule has 0 bridgehead atoms. The van der Waals surface area contributed by atoms with Crippen LogP contribution in [0, 0.1) is 0 Å². The van der Waals surface area contributed by atoms with E-state index in [-0.39, 0.29) is 11.7 Å². The second-order valence-electron chi connectivity index (χ2n) is 4.38. The van der Waals surface area contributed by atoms with Gasteiger partial charge in [0.05, 0.1) is 20.8 Å². The van der Waals surface area contributed by atoms with E-state index in [0.29, 0.717) is 26.6 Å². The van der Waals surface area contributed by atoms with Crippen LogP contribution in [0.4, 0.5) is 0 Å². The SMILES string of the molecule is CC(C)c1nc(C(=O)O)nn1-c1cc(Cl)c(Cl)cc1Cl. The van der Waals surface area contributed by atoms with Gasteiger partial charge in [-0.1, -0.05) is 48.7 Å². The first kappa shape index (κ1) is 15.1. The second-order valence-corrected chi connectivity index (χ2v) is 5.60. The van der Waals surface area contributed by atoms with Crippen LogP contribution in [0.5, 0.6) is 0 Å². The number of hydrogen-bond acceptors (Lipinski definition) is 3. The minimum absolute atomic E-state index is 0.0406. The summed E-state index contributed by atoms with van der Waals surface area (Å²) in [5.41, 5.74) is 0.435. The van der Waals surface area contributed by atoms with Gasteiger partial charge in [0.25, 0.3) is 5.82 Å². The topological polar surface area (TPSA) is 68.0 Å². The molecule has 2 rings (SSSR count).